The molecule has 3 N–H and O–H groups in total. The number of hydrogen-bond acceptors (Lipinski definition) is 4. The Kier molecular flexibility index (Phi) is 6.32. The van der Waals surface area contributed by atoms with E-state index < -0.39 is 0 Å². The van der Waals surface area contributed by atoms with Crippen molar-refractivity contribution in [2.45, 2.75) is 52.8 Å². The van der Waals surface area contributed by atoms with Crippen LogP contribution in [-0.4, -0.2) is 22.5 Å². The van der Waals surface area contributed by atoms with E-state index in [1.807, 2.05) is 24.0 Å². The van der Waals surface area contributed by atoms with Gasteiger partial charge in [0.25, 0.3) is 0 Å². The summed E-state index contributed by atoms with van der Waals surface area (Å²) in [6, 6.07) is -0.0180. The molecular weight excluding hydrogens is 228 g/mol. The van der Waals surface area contributed by atoms with Crippen LogP contribution in [0.25, 0.3) is 0 Å². The van der Waals surface area contributed by atoms with Crippen molar-refractivity contribution in [3.05, 3.63) is 18.0 Å². The maximum atomic E-state index is 5.80. The molecule has 1 heterocycles. The van der Waals surface area contributed by atoms with Crippen molar-refractivity contribution in [3.63, 3.8) is 0 Å². The Labute approximate surface area is 110 Å². The van der Waals surface area contributed by atoms with Gasteiger partial charge in [0.15, 0.2) is 0 Å². The van der Waals surface area contributed by atoms with E-state index in [-0.39, 0.29) is 12.1 Å². The van der Waals surface area contributed by atoms with E-state index in [1.54, 1.807) is 0 Å². The highest BCUT2D eigenvalue weighted by molar-refractivity contribution is 5.12. The maximum absolute atomic E-state index is 5.80. The average Bonchev–Trinajstić information content (AvgIpc) is 2.78. The molecule has 0 aliphatic heterocycles. The number of aromatic nitrogens is 2. The van der Waals surface area contributed by atoms with Gasteiger partial charge in [-0.3, -0.25) is 16.0 Å². The number of aryl methyl sites for hydroxylation is 1. The summed E-state index contributed by atoms with van der Waals surface area (Å²) in [7, 11) is 0. The molecule has 0 radical (unpaired) electrons. The zero-order valence-electron chi connectivity index (χ0n) is 11.9. The van der Waals surface area contributed by atoms with Crippen LogP contribution in [0, 0.1) is 5.92 Å². The summed E-state index contributed by atoms with van der Waals surface area (Å²) in [5.74, 6) is 6.08. The van der Waals surface area contributed by atoms with E-state index in [0.29, 0.717) is 12.5 Å². The monoisotopic (exact) mass is 254 g/mol. The summed E-state index contributed by atoms with van der Waals surface area (Å²) in [6.45, 7) is 10.0. The average molecular weight is 254 g/mol. The fourth-order valence-corrected chi connectivity index (χ4v) is 2.14. The van der Waals surface area contributed by atoms with Gasteiger partial charge >= 0.3 is 0 Å². The molecule has 0 aliphatic carbocycles. The van der Waals surface area contributed by atoms with Gasteiger partial charge < -0.3 is 4.74 Å². The normalized spacial score (nSPS) is 15.0. The first-order valence-corrected chi connectivity index (χ1v) is 6.74. The van der Waals surface area contributed by atoms with Crippen LogP contribution in [-0.2, 0) is 11.3 Å². The van der Waals surface area contributed by atoms with E-state index in [4.69, 9.17) is 10.6 Å². The van der Waals surface area contributed by atoms with Crippen molar-refractivity contribution in [3.8, 4) is 0 Å². The number of hydrogen-bond donors (Lipinski definition) is 2. The second-order valence-electron chi connectivity index (χ2n) is 4.85. The van der Waals surface area contributed by atoms with Crippen LogP contribution in [0.3, 0.4) is 0 Å². The molecule has 0 aliphatic rings. The largest absolute Gasteiger partial charge is 0.376 e. The highest BCUT2D eigenvalue weighted by Crippen LogP contribution is 2.23. The van der Waals surface area contributed by atoms with Gasteiger partial charge in [0.05, 0.1) is 18.3 Å². The molecule has 0 fully saturated rings. The predicted octanol–water partition coefficient (Wildman–Crippen LogP) is 1.86. The van der Waals surface area contributed by atoms with Gasteiger partial charge in [0.1, 0.15) is 0 Å². The lowest BCUT2D eigenvalue weighted by molar-refractivity contribution is 0.00275. The van der Waals surface area contributed by atoms with Crippen molar-refractivity contribution in [2.75, 3.05) is 6.61 Å². The molecular formula is C13H26N4O. The summed E-state index contributed by atoms with van der Waals surface area (Å²) in [5.41, 5.74) is 3.94. The zero-order valence-corrected chi connectivity index (χ0v) is 11.9. The van der Waals surface area contributed by atoms with Gasteiger partial charge in [-0.2, -0.15) is 5.10 Å². The Morgan fingerprint density at radius 2 is 2.17 bits per heavy atom. The smallest absolute Gasteiger partial charge is 0.0806 e. The number of nitrogens with two attached hydrogens (primary N) is 1. The van der Waals surface area contributed by atoms with Gasteiger partial charge in [-0.15, -0.1) is 0 Å². The third-order valence-corrected chi connectivity index (χ3v) is 2.99. The zero-order chi connectivity index (χ0) is 13.5. The van der Waals surface area contributed by atoms with Gasteiger partial charge in [-0.05, 0) is 19.3 Å². The predicted molar refractivity (Wildman–Crippen MR) is 72.8 cm³/mol. The first-order valence-electron chi connectivity index (χ1n) is 6.74. The minimum Gasteiger partial charge on any atom is -0.376 e. The molecule has 0 spiro atoms. The van der Waals surface area contributed by atoms with Crippen LogP contribution >= 0.6 is 0 Å². The van der Waals surface area contributed by atoms with Crippen LogP contribution < -0.4 is 11.3 Å². The molecule has 0 amide bonds. The van der Waals surface area contributed by atoms with Crippen molar-refractivity contribution < 1.29 is 4.74 Å². The quantitative estimate of drug-likeness (QED) is 0.549. The van der Waals surface area contributed by atoms with E-state index in [2.05, 4.69) is 31.3 Å². The topological polar surface area (TPSA) is 65.1 Å². The fourth-order valence-electron chi connectivity index (χ4n) is 2.14. The van der Waals surface area contributed by atoms with Crippen molar-refractivity contribution in [2.24, 2.45) is 11.8 Å². The number of hydrazine groups is 1. The third kappa shape index (κ3) is 3.80. The highest BCUT2D eigenvalue weighted by atomic mass is 16.5. The van der Waals surface area contributed by atoms with Gasteiger partial charge in [0, 0.05) is 24.9 Å². The number of nitrogens with one attached hydrogen (secondary N) is 1. The van der Waals surface area contributed by atoms with Crippen LogP contribution in [0.15, 0.2) is 12.4 Å². The first-order chi connectivity index (χ1) is 8.63. The van der Waals surface area contributed by atoms with Crippen LogP contribution in [0.5, 0.6) is 0 Å². The molecule has 1 rings (SSSR count). The van der Waals surface area contributed by atoms with Gasteiger partial charge in [-0.25, -0.2) is 0 Å². The molecule has 0 saturated heterocycles. The number of rotatable bonds is 8. The molecule has 2 unspecified atom stereocenters. The molecule has 5 nitrogen and oxygen atoms in total. The molecule has 2 atom stereocenters. The van der Waals surface area contributed by atoms with E-state index >= 15 is 0 Å². The Balaban J connectivity index is 2.84. The molecule has 0 bridgehead atoms. The Morgan fingerprint density at radius 1 is 1.44 bits per heavy atom. The summed E-state index contributed by atoms with van der Waals surface area (Å²) < 4.78 is 7.75. The standard InChI is InChI=1S/C13H26N4O/c1-5-7-17-9-11(8-15-17)12(16-14)13(10(3)4)18-6-2/h8-10,12-13,16H,5-7,14H2,1-4H3. The van der Waals surface area contributed by atoms with Crippen molar-refractivity contribution in [1.29, 1.82) is 0 Å². The molecule has 104 valence electrons. The van der Waals surface area contributed by atoms with Crippen LogP contribution in [0.1, 0.15) is 45.7 Å². The van der Waals surface area contributed by atoms with E-state index in [0.717, 1.165) is 18.5 Å². The molecule has 0 aromatic carbocycles. The van der Waals surface area contributed by atoms with Crippen molar-refractivity contribution >= 4 is 0 Å². The number of nitrogens with zero attached hydrogens (tertiary/aromatic N) is 2. The lowest BCUT2D eigenvalue weighted by atomic mass is 9.96. The van der Waals surface area contributed by atoms with Crippen LogP contribution in [0.4, 0.5) is 0 Å². The minimum absolute atomic E-state index is 0.0180. The molecule has 18 heavy (non-hydrogen) atoms. The van der Waals surface area contributed by atoms with E-state index in [9.17, 15) is 0 Å². The van der Waals surface area contributed by atoms with Crippen LogP contribution in [0.2, 0.25) is 0 Å². The minimum atomic E-state index is -0.0180. The molecule has 0 saturated carbocycles. The Hall–Kier alpha value is -0.910. The van der Waals surface area contributed by atoms with Gasteiger partial charge in [-0.1, -0.05) is 20.8 Å². The molecule has 1 aromatic heterocycles. The number of ether oxygens (including phenoxy) is 1. The summed E-state index contributed by atoms with van der Waals surface area (Å²) in [6.07, 6.45) is 5.04. The third-order valence-electron chi connectivity index (χ3n) is 2.99. The second kappa shape index (κ2) is 7.51. The Morgan fingerprint density at radius 3 is 2.67 bits per heavy atom. The summed E-state index contributed by atoms with van der Waals surface area (Å²) in [5, 5.41) is 4.34. The summed E-state index contributed by atoms with van der Waals surface area (Å²) >= 11 is 0. The second-order valence-corrected chi connectivity index (χ2v) is 4.85. The Bertz CT molecular complexity index is 337. The molecule has 5 heteroatoms. The van der Waals surface area contributed by atoms with Gasteiger partial charge in [0.2, 0.25) is 0 Å². The lowest BCUT2D eigenvalue weighted by Crippen LogP contribution is -2.40. The first kappa shape index (κ1) is 15.1. The highest BCUT2D eigenvalue weighted by Gasteiger charge is 2.26. The maximum Gasteiger partial charge on any atom is 0.0806 e. The summed E-state index contributed by atoms with van der Waals surface area (Å²) in [4.78, 5) is 0. The molecule has 1 aromatic rings. The fraction of sp³-hybridized carbons (Fsp3) is 0.769. The lowest BCUT2D eigenvalue weighted by Gasteiger charge is -2.28. The SMILES string of the molecule is CCCn1cc(C(NN)C(OCC)C(C)C)cn1. The van der Waals surface area contributed by atoms with E-state index in [1.165, 1.54) is 0 Å². The van der Waals surface area contributed by atoms with Crippen molar-refractivity contribution in [1.82, 2.24) is 15.2 Å².